The lowest BCUT2D eigenvalue weighted by Crippen LogP contribution is -2.21. The normalized spacial score (nSPS) is 13.7. The molecule has 1 aliphatic rings. The van der Waals surface area contributed by atoms with Gasteiger partial charge in [-0.1, -0.05) is 30.3 Å². The molecule has 0 fully saturated rings. The van der Waals surface area contributed by atoms with Gasteiger partial charge >= 0.3 is 0 Å². The molecule has 0 aromatic heterocycles. The van der Waals surface area contributed by atoms with Crippen LogP contribution >= 0.6 is 0 Å². The molecule has 27 heavy (non-hydrogen) atoms. The van der Waals surface area contributed by atoms with E-state index in [0.29, 0.717) is 33.9 Å². The third kappa shape index (κ3) is 2.99. The molecule has 0 spiro atoms. The first-order chi connectivity index (χ1) is 12.9. The number of hydrogen-bond donors (Lipinski definition) is 2. The Kier molecular flexibility index (Phi) is 4.02. The monoisotopic (exact) mass is 379 g/mol. The predicted octanol–water partition coefficient (Wildman–Crippen LogP) is 2.67. The topological polar surface area (TPSA) is 89.6 Å². The van der Waals surface area contributed by atoms with Crippen molar-refractivity contribution in [3.05, 3.63) is 82.2 Å². The third-order valence-electron chi connectivity index (χ3n) is 4.54. The van der Waals surface area contributed by atoms with Gasteiger partial charge in [-0.3, -0.25) is 4.55 Å². The highest BCUT2D eigenvalue weighted by molar-refractivity contribution is 7.86. The van der Waals surface area contributed by atoms with Gasteiger partial charge in [-0.25, -0.2) is 0 Å². The van der Waals surface area contributed by atoms with Crippen molar-refractivity contribution in [3.63, 3.8) is 0 Å². The van der Waals surface area contributed by atoms with Gasteiger partial charge in [0.15, 0.2) is 0 Å². The van der Waals surface area contributed by atoms with Crippen molar-refractivity contribution in [1.29, 1.82) is 0 Å². The first-order valence-electron chi connectivity index (χ1n) is 8.34. The summed E-state index contributed by atoms with van der Waals surface area (Å²) in [6.45, 7) is 1.93. The van der Waals surface area contributed by atoms with Crippen LogP contribution in [0.15, 0.2) is 65.6 Å². The number of nitrogens with two attached hydrogens (primary N) is 1. The Hall–Kier alpha value is -3.09. The lowest BCUT2D eigenvalue weighted by Gasteiger charge is -2.22. The first kappa shape index (κ1) is 17.3. The minimum absolute atomic E-state index is 0.151. The smallest absolute Gasteiger partial charge is 0.295 e. The number of hydrogen-bond acceptors (Lipinski definition) is 4. The second-order valence-electron chi connectivity index (χ2n) is 6.25. The van der Waals surface area contributed by atoms with Crippen LogP contribution in [0.1, 0.15) is 18.1 Å². The molecule has 3 aromatic rings. The summed E-state index contributed by atoms with van der Waals surface area (Å²) < 4.78 is 39.7. The molecule has 0 atom stereocenters. The van der Waals surface area contributed by atoms with Crippen LogP contribution in [-0.2, 0) is 10.1 Å². The van der Waals surface area contributed by atoms with Crippen LogP contribution in [0, 0.1) is 0 Å². The molecule has 1 heterocycles. The van der Waals surface area contributed by atoms with Crippen LogP contribution < -0.4 is 20.9 Å². The number of ether oxygens (including phenoxy) is 1. The van der Waals surface area contributed by atoms with Crippen LogP contribution in [0.4, 0.5) is 5.69 Å². The van der Waals surface area contributed by atoms with Crippen LogP contribution in [0.5, 0.6) is 11.5 Å². The molecule has 4 rings (SSSR count). The van der Waals surface area contributed by atoms with Crippen molar-refractivity contribution < 1.29 is 17.7 Å². The van der Waals surface area contributed by atoms with Gasteiger partial charge in [0.25, 0.3) is 10.1 Å². The van der Waals surface area contributed by atoms with E-state index in [1.54, 1.807) is 36.4 Å². The Labute approximate surface area is 156 Å². The summed E-state index contributed by atoms with van der Waals surface area (Å²) in [4.78, 5) is -0.151. The maximum atomic E-state index is 12.0. The van der Waals surface area contributed by atoms with Gasteiger partial charge < -0.3 is 10.5 Å². The molecule has 0 aliphatic carbocycles. The Balaban J connectivity index is 2.18. The van der Waals surface area contributed by atoms with Gasteiger partial charge in [-0.2, -0.15) is 8.42 Å². The minimum atomic E-state index is -4.40. The number of nitrogen functional groups attached to an aromatic ring is 1. The third-order valence-corrected chi connectivity index (χ3v) is 5.45. The van der Waals surface area contributed by atoms with E-state index in [1.165, 1.54) is 6.07 Å². The first-order valence-corrected chi connectivity index (χ1v) is 9.78. The van der Waals surface area contributed by atoms with Crippen LogP contribution in [-0.4, -0.2) is 13.0 Å². The molecule has 5 nitrogen and oxygen atoms in total. The maximum Gasteiger partial charge on any atom is 0.295 e. The summed E-state index contributed by atoms with van der Waals surface area (Å²) in [6, 6.07) is 17.3. The van der Waals surface area contributed by atoms with Gasteiger partial charge in [0.05, 0.1) is 0 Å². The zero-order valence-electron chi connectivity index (χ0n) is 14.5. The van der Waals surface area contributed by atoms with E-state index in [0.717, 1.165) is 10.4 Å². The van der Waals surface area contributed by atoms with E-state index in [2.05, 4.69) is 0 Å². The van der Waals surface area contributed by atoms with Gasteiger partial charge in [0.2, 0.25) is 0 Å². The molecule has 0 unspecified atom stereocenters. The Morgan fingerprint density at radius 1 is 0.963 bits per heavy atom. The summed E-state index contributed by atoms with van der Waals surface area (Å²) in [5, 5.41) is 1.72. The van der Waals surface area contributed by atoms with Crippen LogP contribution in [0.3, 0.4) is 0 Å². The molecular weight excluding hydrogens is 362 g/mol. The second kappa shape index (κ2) is 6.26. The van der Waals surface area contributed by atoms with Crippen LogP contribution in [0.25, 0.3) is 11.6 Å². The Morgan fingerprint density at radius 2 is 1.74 bits per heavy atom. The number of benzene rings is 3. The molecule has 3 N–H and O–H groups in total. The highest BCUT2D eigenvalue weighted by Crippen LogP contribution is 2.38. The summed E-state index contributed by atoms with van der Waals surface area (Å²) >= 11 is 0. The summed E-state index contributed by atoms with van der Waals surface area (Å²) in [7, 11) is -4.40. The van der Waals surface area contributed by atoms with Crippen molar-refractivity contribution in [2.75, 3.05) is 5.73 Å². The lowest BCUT2D eigenvalue weighted by atomic mass is 9.92. The average Bonchev–Trinajstić information content (AvgIpc) is 2.64. The van der Waals surface area contributed by atoms with Crippen molar-refractivity contribution in [2.45, 2.75) is 11.8 Å². The van der Waals surface area contributed by atoms with E-state index >= 15 is 0 Å². The summed E-state index contributed by atoms with van der Waals surface area (Å²) in [5.41, 5.74) is 8.23. The maximum absolute atomic E-state index is 12.0. The van der Waals surface area contributed by atoms with Crippen LogP contribution in [0.2, 0.25) is 0 Å². The highest BCUT2D eigenvalue weighted by Gasteiger charge is 2.25. The quantitative estimate of drug-likeness (QED) is 0.413. The van der Waals surface area contributed by atoms with E-state index < -0.39 is 10.1 Å². The van der Waals surface area contributed by atoms with Crippen molar-refractivity contribution in [2.24, 2.45) is 0 Å². The fourth-order valence-electron chi connectivity index (χ4n) is 3.29. The molecule has 1 aliphatic heterocycles. The number of rotatable bonds is 2. The van der Waals surface area contributed by atoms with Gasteiger partial charge in [0, 0.05) is 33.7 Å². The standard InChI is InChI=1S/C21H17NO4S/c1-2-13-7-9-15-18(11-13)26-19-12-14(22)8-10-16(19)21(15)17-5-3-4-6-20(17)27(23,24)25/h2-12H,22H2,1H3,(H,23,24,25)/b13-2+. The molecule has 3 aromatic carbocycles. The largest absolute Gasteiger partial charge is 0.456 e. The van der Waals surface area contributed by atoms with Gasteiger partial charge in [-0.05, 0) is 42.5 Å². The highest BCUT2D eigenvalue weighted by atomic mass is 32.2. The minimum Gasteiger partial charge on any atom is -0.456 e. The van der Waals surface area contributed by atoms with E-state index in [9.17, 15) is 13.0 Å². The number of anilines is 1. The average molecular weight is 379 g/mol. The summed E-state index contributed by atoms with van der Waals surface area (Å²) in [5.74, 6) is 1.14. The second-order valence-corrected chi connectivity index (χ2v) is 7.64. The van der Waals surface area contributed by atoms with Crippen molar-refractivity contribution in [3.8, 4) is 11.5 Å². The molecule has 0 bridgehead atoms. The van der Waals surface area contributed by atoms with E-state index in [-0.39, 0.29) is 4.90 Å². The van der Waals surface area contributed by atoms with Gasteiger partial charge in [-0.15, -0.1) is 0 Å². The molecule has 6 heteroatoms. The molecule has 0 saturated heterocycles. The van der Waals surface area contributed by atoms with Crippen molar-refractivity contribution in [1.82, 2.24) is 0 Å². The lowest BCUT2D eigenvalue weighted by molar-refractivity contribution is 0.471. The molecular formula is C21H17NO4S. The molecule has 0 saturated carbocycles. The predicted molar refractivity (Wildman–Crippen MR) is 105 cm³/mol. The summed E-state index contributed by atoms with van der Waals surface area (Å²) in [6.07, 6.45) is 1.95. The molecule has 0 radical (unpaired) electrons. The number of fused-ring (bicyclic) bond motifs is 2. The fourth-order valence-corrected chi connectivity index (χ4v) is 3.99. The van der Waals surface area contributed by atoms with Crippen molar-refractivity contribution >= 4 is 27.5 Å². The van der Waals surface area contributed by atoms with E-state index in [1.807, 2.05) is 31.2 Å². The Bertz CT molecular complexity index is 1290. The SMILES string of the molecule is C/C=c1\ccc2c(c1)Oc1cc(N)ccc1C=2c1ccccc1S(=O)(=O)O. The fraction of sp³-hybridized carbons (Fsp3) is 0.0476. The zero-order chi connectivity index (χ0) is 19.2. The molecule has 136 valence electrons. The zero-order valence-corrected chi connectivity index (χ0v) is 15.3. The van der Waals surface area contributed by atoms with Gasteiger partial charge in [0.1, 0.15) is 16.4 Å². The van der Waals surface area contributed by atoms with E-state index in [4.69, 9.17) is 10.5 Å². The molecule has 0 amide bonds. The Morgan fingerprint density at radius 3 is 2.48 bits per heavy atom.